The van der Waals surface area contributed by atoms with E-state index in [9.17, 15) is 4.79 Å². The van der Waals surface area contributed by atoms with Crippen LogP contribution < -0.4 is 11.1 Å². The van der Waals surface area contributed by atoms with Crippen molar-refractivity contribution >= 4 is 34.1 Å². The number of hydrogen-bond acceptors (Lipinski definition) is 5. The lowest BCUT2D eigenvalue weighted by Crippen LogP contribution is -2.27. The summed E-state index contributed by atoms with van der Waals surface area (Å²) in [7, 11) is 0. The van der Waals surface area contributed by atoms with Crippen LogP contribution in [0.5, 0.6) is 0 Å². The summed E-state index contributed by atoms with van der Waals surface area (Å²) in [6.45, 7) is 0.708. The number of nitrogens with zero attached hydrogens (tertiary/aromatic N) is 1. The van der Waals surface area contributed by atoms with Crippen LogP contribution in [0.4, 0.5) is 5.13 Å². The number of rotatable bonds is 5. The number of nitrogen functional groups attached to an aromatic ring is 1. The molecular weight excluding hydrogens is 218 g/mol. The first-order chi connectivity index (χ1) is 6.72. The van der Waals surface area contributed by atoms with Gasteiger partial charge >= 0.3 is 0 Å². The van der Waals surface area contributed by atoms with Gasteiger partial charge in [-0.3, -0.25) is 4.79 Å². The van der Waals surface area contributed by atoms with Gasteiger partial charge in [0.25, 0.3) is 0 Å². The van der Waals surface area contributed by atoms with Gasteiger partial charge in [0.2, 0.25) is 5.91 Å². The first-order valence-electron chi connectivity index (χ1n) is 4.18. The Morgan fingerprint density at radius 2 is 2.57 bits per heavy atom. The molecule has 0 atom stereocenters. The van der Waals surface area contributed by atoms with Crippen LogP contribution in [0.15, 0.2) is 5.38 Å². The average Bonchev–Trinajstić information content (AvgIpc) is 2.52. The van der Waals surface area contributed by atoms with Crippen LogP contribution in [0.2, 0.25) is 0 Å². The molecule has 14 heavy (non-hydrogen) atoms. The SMILES string of the molecule is CSCCNC(=O)Cc1csc(N)n1. The van der Waals surface area contributed by atoms with Gasteiger partial charge in [-0.2, -0.15) is 11.8 Å². The van der Waals surface area contributed by atoms with Gasteiger partial charge in [-0.25, -0.2) is 4.98 Å². The lowest BCUT2D eigenvalue weighted by Gasteiger charge is -2.01. The van der Waals surface area contributed by atoms with Crippen LogP contribution in [0.25, 0.3) is 0 Å². The molecule has 6 heteroatoms. The maximum absolute atomic E-state index is 11.3. The molecule has 1 aromatic heterocycles. The van der Waals surface area contributed by atoms with E-state index in [1.54, 1.807) is 11.8 Å². The summed E-state index contributed by atoms with van der Waals surface area (Å²) >= 11 is 3.06. The van der Waals surface area contributed by atoms with Crippen molar-refractivity contribution in [3.8, 4) is 0 Å². The van der Waals surface area contributed by atoms with E-state index in [-0.39, 0.29) is 5.91 Å². The molecular formula is C8H13N3OS2. The number of thioether (sulfide) groups is 1. The Labute approximate surface area is 91.3 Å². The minimum absolute atomic E-state index is 0.00403. The van der Waals surface area contributed by atoms with Crippen molar-refractivity contribution in [2.75, 3.05) is 24.3 Å². The summed E-state index contributed by atoms with van der Waals surface area (Å²) in [5, 5.41) is 5.13. The van der Waals surface area contributed by atoms with E-state index in [0.29, 0.717) is 18.1 Å². The molecule has 0 aliphatic heterocycles. The number of aromatic nitrogens is 1. The molecule has 0 bridgehead atoms. The molecule has 0 radical (unpaired) electrons. The molecule has 0 aliphatic carbocycles. The van der Waals surface area contributed by atoms with E-state index >= 15 is 0 Å². The highest BCUT2D eigenvalue weighted by Crippen LogP contribution is 2.11. The Bertz CT molecular complexity index is 301. The highest BCUT2D eigenvalue weighted by molar-refractivity contribution is 7.98. The Kier molecular flexibility index (Phi) is 4.75. The van der Waals surface area contributed by atoms with Gasteiger partial charge in [-0.1, -0.05) is 0 Å². The zero-order chi connectivity index (χ0) is 10.4. The Morgan fingerprint density at radius 3 is 3.14 bits per heavy atom. The van der Waals surface area contributed by atoms with E-state index in [4.69, 9.17) is 5.73 Å². The normalized spacial score (nSPS) is 10.1. The van der Waals surface area contributed by atoms with Crippen LogP contribution in [0.1, 0.15) is 5.69 Å². The van der Waals surface area contributed by atoms with Crippen LogP contribution in [-0.4, -0.2) is 29.4 Å². The smallest absolute Gasteiger partial charge is 0.226 e. The van der Waals surface area contributed by atoms with Gasteiger partial charge in [0.1, 0.15) is 0 Å². The van der Waals surface area contributed by atoms with E-state index in [2.05, 4.69) is 10.3 Å². The topological polar surface area (TPSA) is 68.0 Å². The fraction of sp³-hybridized carbons (Fsp3) is 0.500. The van der Waals surface area contributed by atoms with Gasteiger partial charge in [0.15, 0.2) is 5.13 Å². The van der Waals surface area contributed by atoms with Gasteiger partial charge in [-0.15, -0.1) is 11.3 Å². The van der Waals surface area contributed by atoms with Gasteiger partial charge < -0.3 is 11.1 Å². The molecule has 0 saturated carbocycles. The zero-order valence-corrected chi connectivity index (χ0v) is 9.58. The summed E-state index contributed by atoms with van der Waals surface area (Å²) in [4.78, 5) is 15.3. The standard InChI is InChI=1S/C8H13N3OS2/c1-13-3-2-10-7(12)4-6-5-14-8(9)11-6/h5H,2-4H2,1H3,(H2,9,11)(H,10,12). The Hall–Kier alpha value is -0.750. The van der Waals surface area contributed by atoms with Gasteiger partial charge in [-0.05, 0) is 6.26 Å². The summed E-state index contributed by atoms with van der Waals surface area (Å²) in [5.74, 6) is 0.939. The number of anilines is 1. The molecule has 1 aromatic rings. The van der Waals surface area contributed by atoms with Crippen molar-refractivity contribution in [1.29, 1.82) is 0 Å². The molecule has 1 amide bonds. The number of carbonyl (C=O) groups excluding carboxylic acids is 1. The second kappa shape index (κ2) is 5.87. The summed E-state index contributed by atoms with van der Waals surface area (Å²) in [5.41, 5.74) is 6.19. The molecule has 0 saturated heterocycles. The summed E-state index contributed by atoms with van der Waals surface area (Å²) < 4.78 is 0. The molecule has 0 spiro atoms. The van der Waals surface area contributed by atoms with Gasteiger partial charge in [0, 0.05) is 17.7 Å². The van der Waals surface area contributed by atoms with Crippen molar-refractivity contribution in [1.82, 2.24) is 10.3 Å². The second-order valence-electron chi connectivity index (χ2n) is 2.70. The van der Waals surface area contributed by atoms with Crippen LogP contribution in [-0.2, 0) is 11.2 Å². The second-order valence-corrected chi connectivity index (χ2v) is 4.57. The number of amides is 1. The highest BCUT2D eigenvalue weighted by Gasteiger charge is 2.05. The van der Waals surface area contributed by atoms with Crippen molar-refractivity contribution in [3.63, 3.8) is 0 Å². The highest BCUT2D eigenvalue weighted by atomic mass is 32.2. The third-order valence-electron chi connectivity index (χ3n) is 1.54. The van der Waals surface area contributed by atoms with E-state index < -0.39 is 0 Å². The molecule has 78 valence electrons. The number of nitrogens with two attached hydrogens (primary N) is 1. The molecule has 0 aromatic carbocycles. The molecule has 0 fully saturated rings. The van der Waals surface area contributed by atoms with Crippen LogP contribution >= 0.6 is 23.1 Å². The number of hydrogen-bond donors (Lipinski definition) is 2. The number of nitrogens with one attached hydrogen (secondary N) is 1. The molecule has 1 heterocycles. The maximum atomic E-state index is 11.3. The fourth-order valence-corrected chi connectivity index (χ4v) is 1.79. The fourth-order valence-electron chi connectivity index (χ4n) is 0.923. The molecule has 1 rings (SSSR count). The van der Waals surface area contributed by atoms with E-state index in [0.717, 1.165) is 11.4 Å². The minimum Gasteiger partial charge on any atom is -0.375 e. The zero-order valence-electron chi connectivity index (χ0n) is 7.95. The molecule has 0 unspecified atom stereocenters. The number of thiazole rings is 1. The average molecular weight is 231 g/mol. The molecule has 4 nitrogen and oxygen atoms in total. The Balaban J connectivity index is 2.27. The maximum Gasteiger partial charge on any atom is 0.226 e. The molecule has 3 N–H and O–H groups in total. The number of carbonyl (C=O) groups is 1. The van der Waals surface area contributed by atoms with Crippen molar-refractivity contribution < 1.29 is 4.79 Å². The minimum atomic E-state index is 0.00403. The third kappa shape index (κ3) is 3.97. The third-order valence-corrected chi connectivity index (χ3v) is 2.87. The lowest BCUT2D eigenvalue weighted by atomic mass is 10.3. The first kappa shape index (κ1) is 11.3. The van der Waals surface area contributed by atoms with Gasteiger partial charge in [0.05, 0.1) is 12.1 Å². The monoisotopic (exact) mass is 231 g/mol. The lowest BCUT2D eigenvalue weighted by molar-refractivity contribution is -0.120. The largest absolute Gasteiger partial charge is 0.375 e. The van der Waals surface area contributed by atoms with Crippen LogP contribution in [0, 0.1) is 0 Å². The molecule has 0 aliphatic rings. The quantitative estimate of drug-likeness (QED) is 0.734. The predicted molar refractivity (Wildman–Crippen MR) is 61.6 cm³/mol. The van der Waals surface area contributed by atoms with Crippen LogP contribution in [0.3, 0.4) is 0 Å². The Morgan fingerprint density at radius 1 is 1.79 bits per heavy atom. The first-order valence-corrected chi connectivity index (χ1v) is 6.45. The summed E-state index contributed by atoms with van der Waals surface area (Å²) in [6.07, 6.45) is 2.33. The van der Waals surface area contributed by atoms with E-state index in [1.807, 2.05) is 11.6 Å². The van der Waals surface area contributed by atoms with E-state index in [1.165, 1.54) is 11.3 Å². The van der Waals surface area contributed by atoms with Crippen molar-refractivity contribution in [2.45, 2.75) is 6.42 Å². The predicted octanol–water partition coefficient (Wildman–Crippen LogP) is 0.747. The summed E-state index contributed by atoms with van der Waals surface area (Å²) in [6, 6.07) is 0. The van der Waals surface area contributed by atoms with Crippen molar-refractivity contribution in [3.05, 3.63) is 11.1 Å². The van der Waals surface area contributed by atoms with Crippen molar-refractivity contribution in [2.24, 2.45) is 0 Å².